The summed E-state index contributed by atoms with van der Waals surface area (Å²) in [6.45, 7) is 2.14. The molecule has 0 aliphatic carbocycles. The first-order valence-electron chi connectivity index (χ1n) is 5.98. The van der Waals surface area contributed by atoms with Crippen molar-refractivity contribution in [2.75, 3.05) is 7.11 Å². The maximum absolute atomic E-state index is 5.35. The molecule has 0 radical (unpaired) electrons. The molecular weight excluding hydrogens is 244 g/mol. The van der Waals surface area contributed by atoms with Crippen molar-refractivity contribution in [2.45, 2.75) is 19.8 Å². The van der Waals surface area contributed by atoms with Gasteiger partial charge in [-0.25, -0.2) is 4.98 Å². The molecule has 0 saturated heterocycles. The van der Waals surface area contributed by atoms with E-state index in [9.17, 15) is 0 Å². The summed E-state index contributed by atoms with van der Waals surface area (Å²) in [6.07, 6.45) is 2.04. The van der Waals surface area contributed by atoms with Gasteiger partial charge in [-0.3, -0.25) is 0 Å². The lowest BCUT2D eigenvalue weighted by atomic mass is 10.1. The predicted molar refractivity (Wildman–Crippen MR) is 75.4 cm³/mol. The quantitative estimate of drug-likeness (QED) is 0.850. The van der Waals surface area contributed by atoms with Crippen LogP contribution >= 0.6 is 12.2 Å². The number of aromatic amines is 1. The van der Waals surface area contributed by atoms with E-state index in [4.69, 9.17) is 17.0 Å². The Morgan fingerprint density at radius 3 is 2.83 bits per heavy atom. The van der Waals surface area contributed by atoms with Crippen molar-refractivity contribution < 1.29 is 4.74 Å². The summed E-state index contributed by atoms with van der Waals surface area (Å²) in [6, 6.07) is 9.70. The van der Waals surface area contributed by atoms with Crippen molar-refractivity contribution in [1.29, 1.82) is 0 Å². The van der Waals surface area contributed by atoms with Gasteiger partial charge in [-0.1, -0.05) is 37.7 Å². The van der Waals surface area contributed by atoms with E-state index in [0.29, 0.717) is 4.64 Å². The van der Waals surface area contributed by atoms with Crippen LogP contribution in [0.1, 0.15) is 19.0 Å². The molecule has 0 amide bonds. The maximum Gasteiger partial charge on any atom is 0.142 e. The molecule has 0 aliphatic heterocycles. The van der Waals surface area contributed by atoms with Crippen molar-refractivity contribution in [1.82, 2.24) is 9.97 Å². The molecule has 1 N–H and O–H groups in total. The van der Waals surface area contributed by atoms with E-state index in [-0.39, 0.29) is 0 Å². The van der Waals surface area contributed by atoms with Crippen molar-refractivity contribution in [3.63, 3.8) is 0 Å². The molecule has 3 nitrogen and oxygen atoms in total. The molecule has 0 bridgehead atoms. The van der Waals surface area contributed by atoms with Crippen LogP contribution in [0.3, 0.4) is 0 Å². The molecule has 18 heavy (non-hydrogen) atoms. The third-order valence-electron chi connectivity index (χ3n) is 2.68. The molecule has 1 aromatic carbocycles. The minimum Gasteiger partial charge on any atom is -0.496 e. The number of aryl methyl sites for hydroxylation is 1. The maximum atomic E-state index is 5.35. The number of benzene rings is 1. The number of H-pyrrole nitrogens is 1. The van der Waals surface area contributed by atoms with Gasteiger partial charge in [0.25, 0.3) is 0 Å². The number of hydrogen-bond acceptors (Lipinski definition) is 3. The molecule has 0 spiro atoms. The van der Waals surface area contributed by atoms with Gasteiger partial charge in [0.1, 0.15) is 16.2 Å². The summed E-state index contributed by atoms with van der Waals surface area (Å²) in [7, 11) is 1.66. The fourth-order valence-electron chi connectivity index (χ4n) is 1.88. The number of nitrogens with one attached hydrogen (secondary N) is 1. The SMILES string of the molecule is CCCc1cc(=S)nc(-c2ccccc2OC)[nH]1. The standard InChI is InChI=1S/C14H16N2OS/c1-3-6-10-9-13(18)16-14(15-10)11-7-4-5-8-12(11)17-2/h4-5,7-9H,3,6H2,1-2H3,(H,15,16,18). The topological polar surface area (TPSA) is 37.9 Å². The molecule has 1 heterocycles. The highest BCUT2D eigenvalue weighted by molar-refractivity contribution is 7.71. The summed E-state index contributed by atoms with van der Waals surface area (Å²) in [5.74, 6) is 1.56. The highest BCUT2D eigenvalue weighted by Gasteiger charge is 2.07. The van der Waals surface area contributed by atoms with Crippen LogP contribution in [0.5, 0.6) is 5.75 Å². The van der Waals surface area contributed by atoms with E-state index in [2.05, 4.69) is 16.9 Å². The van der Waals surface area contributed by atoms with E-state index in [1.54, 1.807) is 7.11 Å². The Bertz CT molecular complexity index is 592. The lowest BCUT2D eigenvalue weighted by Crippen LogP contribution is -1.97. The van der Waals surface area contributed by atoms with Crippen molar-refractivity contribution in [3.8, 4) is 17.1 Å². The van der Waals surface area contributed by atoms with E-state index >= 15 is 0 Å². The molecule has 0 aliphatic rings. The number of rotatable bonds is 4. The van der Waals surface area contributed by atoms with Crippen LogP contribution in [-0.2, 0) is 6.42 Å². The normalized spacial score (nSPS) is 10.3. The van der Waals surface area contributed by atoms with Gasteiger partial charge < -0.3 is 9.72 Å². The van der Waals surface area contributed by atoms with E-state index in [1.165, 1.54) is 0 Å². The van der Waals surface area contributed by atoms with Crippen LogP contribution in [-0.4, -0.2) is 17.1 Å². The minimum absolute atomic E-state index is 0.609. The number of ether oxygens (including phenoxy) is 1. The Hall–Kier alpha value is -1.68. The third-order valence-corrected chi connectivity index (χ3v) is 2.89. The Kier molecular flexibility index (Phi) is 4.10. The fraction of sp³-hybridized carbons (Fsp3) is 0.286. The number of aromatic nitrogens is 2. The smallest absolute Gasteiger partial charge is 0.142 e. The summed E-state index contributed by atoms with van der Waals surface area (Å²) >= 11 is 5.21. The number of hydrogen-bond donors (Lipinski definition) is 1. The van der Waals surface area contributed by atoms with Gasteiger partial charge in [-0.05, 0) is 24.6 Å². The second-order valence-electron chi connectivity index (χ2n) is 4.04. The first kappa shape index (κ1) is 12.8. The van der Waals surface area contributed by atoms with Crippen molar-refractivity contribution >= 4 is 12.2 Å². The van der Waals surface area contributed by atoms with Crippen LogP contribution in [0, 0.1) is 4.64 Å². The monoisotopic (exact) mass is 260 g/mol. The Labute approximate surface area is 112 Å². The molecule has 0 atom stereocenters. The summed E-state index contributed by atoms with van der Waals surface area (Å²) in [5, 5.41) is 0. The van der Waals surface area contributed by atoms with E-state index in [0.717, 1.165) is 35.7 Å². The molecule has 2 aromatic rings. The highest BCUT2D eigenvalue weighted by atomic mass is 32.1. The zero-order valence-corrected chi connectivity index (χ0v) is 11.4. The average Bonchev–Trinajstić information content (AvgIpc) is 2.38. The average molecular weight is 260 g/mol. The molecule has 0 unspecified atom stereocenters. The second kappa shape index (κ2) is 5.78. The van der Waals surface area contributed by atoms with Gasteiger partial charge in [0, 0.05) is 5.69 Å². The number of methoxy groups -OCH3 is 1. The minimum atomic E-state index is 0.609. The highest BCUT2D eigenvalue weighted by Crippen LogP contribution is 2.26. The molecule has 1 aromatic heterocycles. The molecule has 4 heteroatoms. The van der Waals surface area contributed by atoms with Gasteiger partial charge in [-0.15, -0.1) is 0 Å². The second-order valence-corrected chi connectivity index (χ2v) is 4.46. The largest absolute Gasteiger partial charge is 0.496 e. The molecule has 0 fully saturated rings. The van der Waals surface area contributed by atoms with Gasteiger partial charge in [0.05, 0.1) is 12.7 Å². The Morgan fingerprint density at radius 2 is 2.11 bits per heavy atom. The van der Waals surface area contributed by atoms with Crippen LogP contribution in [0.25, 0.3) is 11.4 Å². The summed E-state index contributed by atoms with van der Waals surface area (Å²) in [5.41, 5.74) is 2.04. The predicted octanol–water partition coefficient (Wildman–Crippen LogP) is 3.77. The molecular formula is C14H16N2OS. The van der Waals surface area contributed by atoms with Crippen LogP contribution in [0.4, 0.5) is 0 Å². The van der Waals surface area contributed by atoms with Gasteiger partial charge in [-0.2, -0.15) is 0 Å². The number of nitrogens with zero attached hydrogens (tertiary/aromatic N) is 1. The van der Waals surface area contributed by atoms with E-state index in [1.807, 2.05) is 30.3 Å². The van der Waals surface area contributed by atoms with Crippen LogP contribution < -0.4 is 4.74 Å². The van der Waals surface area contributed by atoms with Gasteiger partial charge >= 0.3 is 0 Å². The van der Waals surface area contributed by atoms with E-state index < -0.39 is 0 Å². The molecule has 94 valence electrons. The Morgan fingerprint density at radius 1 is 1.33 bits per heavy atom. The first-order chi connectivity index (χ1) is 8.74. The zero-order chi connectivity index (χ0) is 13.0. The van der Waals surface area contributed by atoms with Crippen LogP contribution in [0.2, 0.25) is 0 Å². The molecule has 2 rings (SSSR count). The fourth-order valence-corrected chi connectivity index (χ4v) is 2.11. The first-order valence-corrected chi connectivity index (χ1v) is 6.39. The van der Waals surface area contributed by atoms with Gasteiger partial charge in [0.15, 0.2) is 0 Å². The number of para-hydroxylation sites is 1. The van der Waals surface area contributed by atoms with Crippen molar-refractivity contribution in [2.24, 2.45) is 0 Å². The lowest BCUT2D eigenvalue weighted by Gasteiger charge is -2.09. The zero-order valence-electron chi connectivity index (χ0n) is 10.6. The van der Waals surface area contributed by atoms with Crippen molar-refractivity contribution in [3.05, 3.63) is 40.7 Å². The summed E-state index contributed by atoms with van der Waals surface area (Å²) in [4.78, 5) is 7.69. The Balaban J connectivity index is 2.53. The van der Waals surface area contributed by atoms with Crippen LogP contribution in [0.15, 0.2) is 30.3 Å². The molecule has 0 saturated carbocycles. The van der Waals surface area contributed by atoms with Gasteiger partial charge in [0.2, 0.25) is 0 Å². The third kappa shape index (κ3) is 2.76. The lowest BCUT2D eigenvalue weighted by molar-refractivity contribution is 0.416. The summed E-state index contributed by atoms with van der Waals surface area (Å²) < 4.78 is 5.95.